The summed E-state index contributed by atoms with van der Waals surface area (Å²) >= 11 is 0. The number of nitrogens with zero attached hydrogens (tertiary/aromatic N) is 3. The summed E-state index contributed by atoms with van der Waals surface area (Å²) in [5, 5.41) is 0. The number of aryl methyl sites for hydroxylation is 1. The molecule has 1 aromatic carbocycles. The lowest BCUT2D eigenvalue weighted by Gasteiger charge is -2.28. The van der Waals surface area contributed by atoms with Crippen LogP contribution in [0.4, 0.5) is 13.2 Å². The fourth-order valence-electron chi connectivity index (χ4n) is 2.40. The number of halogens is 3. The predicted molar refractivity (Wildman–Crippen MR) is 83.3 cm³/mol. The van der Waals surface area contributed by atoms with Crippen LogP contribution < -0.4 is 0 Å². The first-order valence-electron chi connectivity index (χ1n) is 7.50. The summed E-state index contributed by atoms with van der Waals surface area (Å²) in [4.78, 5) is 22.1. The van der Waals surface area contributed by atoms with Crippen LogP contribution in [0.25, 0.3) is 0 Å². The Kier molecular flexibility index (Phi) is 5.21. The van der Waals surface area contributed by atoms with Crippen LogP contribution in [0.2, 0.25) is 0 Å². The third-order valence-electron chi connectivity index (χ3n) is 3.77. The Labute approximate surface area is 138 Å². The van der Waals surface area contributed by atoms with E-state index in [4.69, 9.17) is 0 Å². The van der Waals surface area contributed by atoms with E-state index >= 15 is 0 Å². The number of carbonyl (C=O) groups excluding carboxylic acids is 1. The molecule has 4 nitrogen and oxygen atoms in total. The van der Waals surface area contributed by atoms with Gasteiger partial charge in [-0.2, -0.15) is 13.2 Å². The molecule has 24 heavy (non-hydrogen) atoms. The molecule has 2 rings (SSSR count). The molecule has 1 aromatic heterocycles. The van der Waals surface area contributed by atoms with Crippen LogP contribution in [0.3, 0.4) is 0 Å². The Bertz CT molecular complexity index is 714. The molecule has 1 atom stereocenters. The average Bonchev–Trinajstić information content (AvgIpc) is 2.55. The monoisotopic (exact) mass is 337 g/mol. The minimum atomic E-state index is -4.42. The van der Waals surface area contributed by atoms with Crippen molar-refractivity contribution >= 4 is 5.91 Å². The van der Waals surface area contributed by atoms with Crippen molar-refractivity contribution in [1.82, 2.24) is 14.9 Å². The van der Waals surface area contributed by atoms with Crippen molar-refractivity contribution in [2.45, 2.75) is 33.0 Å². The molecule has 1 amide bonds. The van der Waals surface area contributed by atoms with Gasteiger partial charge in [0.25, 0.3) is 5.91 Å². The standard InChI is InChI=1S/C17H18F3N3O/c1-4-23(16(24)15-10-21-11(2)9-22-15)12(3)13-6-5-7-14(8-13)17(18,19)20/h5-10,12H,4H2,1-3H3. The van der Waals surface area contributed by atoms with Crippen molar-refractivity contribution in [2.24, 2.45) is 0 Å². The molecule has 0 radical (unpaired) electrons. The molecule has 2 aromatic rings. The van der Waals surface area contributed by atoms with Gasteiger partial charge < -0.3 is 4.90 Å². The summed E-state index contributed by atoms with van der Waals surface area (Å²) in [7, 11) is 0. The summed E-state index contributed by atoms with van der Waals surface area (Å²) in [5.74, 6) is -0.366. The second-order valence-electron chi connectivity index (χ2n) is 5.43. The maximum atomic E-state index is 12.9. The van der Waals surface area contributed by atoms with Gasteiger partial charge in [0.1, 0.15) is 5.69 Å². The van der Waals surface area contributed by atoms with Crippen LogP contribution in [0.5, 0.6) is 0 Å². The number of amides is 1. The molecule has 0 N–H and O–H groups in total. The van der Waals surface area contributed by atoms with Crippen molar-refractivity contribution < 1.29 is 18.0 Å². The van der Waals surface area contributed by atoms with E-state index in [1.165, 1.54) is 23.4 Å². The molecule has 0 aliphatic rings. The van der Waals surface area contributed by atoms with Crippen LogP contribution in [-0.2, 0) is 6.18 Å². The molecular weight excluding hydrogens is 319 g/mol. The smallest absolute Gasteiger partial charge is 0.331 e. The first kappa shape index (κ1) is 17.9. The van der Waals surface area contributed by atoms with E-state index in [2.05, 4.69) is 9.97 Å². The van der Waals surface area contributed by atoms with Crippen LogP contribution in [-0.4, -0.2) is 27.3 Å². The lowest BCUT2D eigenvalue weighted by Crippen LogP contribution is -2.34. The molecule has 0 saturated heterocycles. The molecule has 0 aliphatic carbocycles. The molecule has 1 unspecified atom stereocenters. The van der Waals surface area contributed by atoms with Gasteiger partial charge in [-0.3, -0.25) is 9.78 Å². The highest BCUT2D eigenvalue weighted by Gasteiger charge is 2.31. The summed E-state index contributed by atoms with van der Waals surface area (Å²) in [6.45, 7) is 5.55. The lowest BCUT2D eigenvalue weighted by molar-refractivity contribution is -0.137. The molecule has 128 valence electrons. The third-order valence-corrected chi connectivity index (χ3v) is 3.77. The number of aromatic nitrogens is 2. The van der Waals surface area contributed by atoms with Crippen molar-refractivity contribution in [3.8, 4) is 0 Å². The van der Waals surface area contributed by atoms with Crippen molar-refractivity contribution in [2.75, 3.05) is 6.54 Å². The molecule has 0 spiro atoms. The second-order valence-corrected chi connectivity index (χ2v) is 5.43. The molecule has 0 fully saturated rings. The number of benzene rings is 1. The molecule has 0 saturated carbocycles. The van der Waals surface area contributed by atoms with Gasteiger partial charge in [0.2, 0.25) is 0 Å². The Morgan fingerprint density at radius 2 is 1.96 bits per heavy atom. The molecule has 0 aliphatic heterocycles. The van der Waals surface area contributed by atoms with Crippen molar-refractivity contribution in [1.29, 1.82) is 0 Å². The van der Waals surface area contributed by atoms with E-state index in [9.17, 15) is 18.0 Å². The van der Waals surface area contributed by atoms with Gasteiger partial charge in [-0.15, -0.1) is 0 Å². The Hall–Kier alpha value is -2.44. The summed E-state index contributed by atoms with van der Waals surface area (Å²) in [6.07, 6.45) is -1.56. The summed E-state index contributed by atoms with van der Waals surface area (Å²) in [5.41, 5.74) is 0.535. The minimum absolute atomic E-state index is 0.168. The SMILES string of the molecule is CCN(C(=O)c1cnc(C)cn1)C(C)c1cccc(C(F)(F)F)c1. The highest BCUT2D eigenvalue weighted by molar-refractivity contribution is 5.92. The highest BCUT2D eigenvalue weighted by atomic mass is 19.4. The topological polar surface area (TPSA) is 46.1 Å². The van der Waals surface area contributed by atoms with E-state index in [-0.39, 0.29) is 11.6 Å². The lowest BCUT2D eigenvalue weighted by atomic mass is 10.0. The van der Waals surface area contributed by atoms with Gasteiger partial charge in [0, 0.05) is 12.7 Å². The first-order chi connectivity index (χ1) is 11.2. The van der Waals surface area contributed by atoms with E-state index < -0.39 is 17.8 Å². The van der Waals surface area contributed by atoms with Gasteiger partial charge in [0.05, 0.1) is 23.5 Å². The Morgan fingerprint density at radius 1 is 1.25 bits per heavy atom. The van der Waals surface area contributed by atoms with E-state index in [0.29, 0.717) is 17.8 Å². The number of carbonyl (C=O) groups is 1. The predicted octanol–water partition coefficient (Wildman–Crippen LogP) is 4.03. The zero-order valence-corrected chi connectivity index (χ0v) is 13.6. The van der Waals surface area contributed by atoms with Gasteiger partial charge in [-0.05, 0) is 38.5 Å². The van der Waals surface area contributed by atoms with Gasteiger partial charge >= 0.3 is 6.18 Å². The minimum Gasteiger partial charge on any atom is -0.331 e. The van der Waals surface area contributed by atoms with E-state index in [0.717, 1.165) is 12.1 Å². The third kappa shape index (κ3) is 3.90. The molecular formula is C17H18F3N3O. The summed E-state index contributed by atoms with van der Waals surface area (Å²) < 4.78 is 38.6. The maximum Gasteiger partial charge on any atom is 0.416 e. The largest absolute Gasteiger partial charge is 0.416 e. The van der Waals surface area contributed by atoms with Crippen LogP contribution >= 0.6 is 0 Å². The van der Waals surface area contributed by atoms with Crippen molar-refractivity contribution in [3.63, 3.8) is 0 Å². The average molecular weight is 337 g/mol. The second kappa shape index (κ2) is 6.98. The Balaban J connectivity index is 2.30. The molecule has 1 heterocycles. The van der Waals surface area contributed by atoms with Crippen LogP contribution in [0.15, 0.2) is 36.7 Å². The number of hydrogen-bond acceptors (Lipinski definition) is 3. The fourth-order valence-corrected chi connectivity index (χ4v) is 2.40. The van der Waals surface area contributed by atoms with Crippen LogP contribution in [0, 0.1) is 6.92 Å². The normalized spacial score (nSPS) is 12.8. The zero-order valence-electron chi connectivity index (χ0n) is 13.6. The quantitative estimate of drug-likeness (QED) is 0.846. The van der Waals surface area contributed by atoms with Gasteiger partial charge in [-0.1, -0.05) is 12.1 Å². The van der Waals surface area contributed by atoms with Crippen LogP contribution in [0.1, 0.15) is 47.2 Å². The zero-order chi connectivity index (χ0) is 17.9. The Morgan fingerprint density at radius 3 is 2.50 bits per heavy atom. The number of rotatable bonds is 4. The number of hydrogen-bond donors (Lipinski definition) is 0. The van der Waals surface area contributed by atoms with Gasteiger partial charge in [-0.25, -0.2) is 4.98 Å². The number of alkyl halides is 3. The van der Waals surface area contributed by atoms with E-state index in [1.807, 2.05) is 0 Å². The highest BCUT2D eigenvalue weighted by Crippen LogP contribution is 2.32. The van der Waals surface area contributed by atoms with Crippen molar-refractivity contribution in [3.05, 3.63) is 59.2 Å². The van der Waals surface area contributed by atoms with Gasteiger partial charge in [0.15, 0.2) is 0 Å². The van der Waals surface area contributed by atoms with E-state index in [1.54, 1.807) is 26.8 Å². The molecule has 7 heteroatoms. The maximum absolute atomic E-state index is 12.9. The summed E-state index contributed by atoms with van der Waals surface area (Å²) in [6, 6.07) is 4.49. The molecule has 0 bridgehead atoms. The first-order valence-corrected chi connectivity index (χ1v) is 7.50. The fraction of sp³-hybridized carbons (Fsp3) is 0.353.